The van der Waals surface area contributed by atoms with Gasteiger partial charge >= 0.3 is 45.7 Å². The molecule has 0 fully saturated rings. The molecule has 3 N–H and O–H groups in total. The van der Waals surface area contributed by atoms with Gasteiger partial charge in [-0.25, -0.2) is 0 Å². The van der Waals surface area contributed by atoms with Gasteiger partial charge in [0, 0.05) is 0 Å². The molecule has 8 heteroatoms. The van der Waals surface area contributed by atoms with Crippen molar-refractivity contribution in [1.29, 1.82) is 0 Å². The first-order chi connectivity index (χ1) is 3.68. The normalized spacial score (nSPS) is 11.9. The van der Waals surface area contributed by atoms with Gasteiger partial charge < -0.3 is 0 Å². The van der Waals surface area contributed by atoms with Crippen molar-refractivity contribution >= 4 is 14.5 Å². The van der Waals surface area contributed by atoms with Crippen LogP contribution in [0, 0.1) is 0 Å². The van der Waals surface area contributed by atoms with E-state index >= 15 is 0 Å². The van der Waals surface area contributed by atoms with Crippen LogP contribution in [-0.4, -0.2) is 30.3 Å². The number of hydrogen-bond donors (Lipinski definition) is 3. The molecule has 0 bridgehead atoms. The fraction of sp³-hybridized carbons (Fsp3) is 0. The maximum absolute atomic E-state index is 9.96. The summed E-state index contributed by atoms with van der Waals surface area (Å²) in [6.45, 7) is 0. The van der Waals surface area contributed by atoms with Gasteiger partial charge in [0.05, 0.1) is 0 Å². The van der Waals surface area contributed by atoms with E-state index in [9.17, 15) is 3.74 Å². The zero-order valence-corrected chi connectivity index (χ0v) is 5.30. The second kappa shape index (κ2) is 3.20. The molecule has 0 heterocycles. The first kappa shape index (κ1) is 8.12. The van der Waals surface area contributed by atoms with E-state index in [1.165, 1.54) is 0 Å². The molecule has 0 aromatic carbocycles. The molecule has 0 atom stereocenters. The molecule has 0 unspecified atom stereocenters. The summed E-state index contributed by atoms with van der Waals surface area (Å²) >= 11 is -5.06. The average molecular weight is 190 g/mol. The molecule has 0 amide bonds. The van der Waals surface area contributed by atoms with E-state index in [0.29, 0.717) is 0 Å². The molecule has 0 saturated carbocycles. The summed E-state index contributed by atoms with van der Waals surface area (Å²) in [6.07, 6.45) is 0. The fourth-order valence-electron chi connectivity index (χ4n) is 0.0447. The van der Waals surface area contributed by atoms with E-state index < -0.39 is 14.5 Å². The van der Waals surface area contributed by atoms with Crippen molar-refractivity contribution in [3.8, 4) is 0 Å². The van der Waals surface area contributed by atoms with Crippen molar-refractivity contribution in [3.05, 3.63) is 0 Å². The number of rotatable bonds is 3. The van der Waals surface area contributed by atoms with Crippen LogP contribution in [0.5, 0.6) is 0 Å². The fourth-order valence-corrected chi connectivity index (χ4v) is 0.232. The van der Waals surface area contributed by atoms with Crippen LogP contribution in [0.1, 0.15) is 0 Å². The third-order valence-corrected chi connectivity index (χ3v) is 1.56. The summed E-state index contributed by atoms with van der Waals surface area (Å²) in [4.78, 5) is 0. The van der Waals surface area contributed by atoms with Gasteiger partial charge in [0.1, 0.15) is 0 Å². The van der Waals surface area contributed by atoms with E-state index in [2.05, 4.69) is 11.6 Å². The minimum atomic E-state index is -5.06. The van der Waals surface area contributed by atoms with Gasteiger partial charge in [-0.15, -0.1) is 0 Å². The van der Waals surface area contributed by atoms with Crippen LogP contribution in [0.2, 0.25) is 0 Å². The van der Waals surface area contributed by atoms with Crippen LogP contribution in [0.3, 0.4) is 0 Å². The quantitative estimate of drug-likeness (QED) is 0.307. The van der Waals surface area contributed by atoms with Gasteiger partial charge in [-0.2, -0.15) is 0 Å². The monoisotopic (exact) mass is 190 g/mol. The molecule has 0 aromatic heterocycles. The van der Waals surface area contributed by atoms with E-state index in [1.807, 2.05) is 0 Å². The van der Waals surface area contributed by atoms with Crippen LogP contribution < -0.4 is 0 Å². The molecule has 7 nitrogen and oxygen atoms in total. The summed E-state index contributed by atoms with van der Waals surface area (Å²) < 4.78 is 18.7. The summed E-state index contributed by atoms with van der Waals surface area (Å²) in [5, 5.41) is 22.4. The molecule has 0 radical (unpaired) electrons. The first-order valence-corrected chi connectivity index (χ1v) is 4.34. The van der Waals surface area contributed by atoms with Crippen molar-refractivity contribution in [3.63, 3.8) is 0 Å². The van der Waals surface area contributed by atoms with E-state index in [-0.39, 0.29) is 0 Å². The third-order valence-electron chi connectivity index (χ3n) is 0.300. The topological polar surface area (TPSA) is 105 Å². The van der Waals surface area contributed by atoms with Crippen molar-refractivity contribution in [2.24, 2.45) is 0 Å². The maximum atomic E-state index is 9.96. The van der Waals surface area contributed by atoms with Gasteiger partial charge in [-0.3, -0.25) is 0 Å². The zero-order chi connectivity index (χ0) is 6.62. The summed E-state index contributed by atoms with van der Waals surface area (Å²) in [7, 11) is 0. The Kier molecular flexibility index (Phi) is 3.25. The molecule has 0 aliphatic carbocycles. The molecular weight excluding hydrogens is 187 g/mol. The van der Waals surface area contributed by atoms with E-state index in [1.54, 1.807) is 0 Å². The zero-order valence-electron chi connectivity index (χ0n) is 3.42. The Balaban J connectivity index is 3.79. The molecule has 0 aromatic rings. The third kappa shape index (κ3) is 1.93. The van der Waals surface area contributed by atoms with Gasteiger partial charge in [0.25, 0.3) is 0 Å². The Morgan fingerprint density at radius 3 is 1.25 bits per heavy atom. The molecule has 0 aliphatic heterocycles. The molecule has 0 spiro atoms. The molecule has 50 valence electrons. The molecule has 8 heavy (non-hydrogen) atoms. The Labute approximate surface area is 46.5 Å². The Hall–Kier alpha value is 0.118. The molecule has 0 saturated heterocycles. The van der Waals surface area contributed by atoms with Crippen molar-refractivity contribution < 1.29 is 31.1 Å². The summed E-state index contributed by atoms with van der Waals surface area (Å²) in [6, 6.07) is 0. The van der Waals surface area contributed by atoms with Gasteiger partial charge in [-0.05, 0) is 0 Å². The number of hydrogen-bond acceptors (Lipinski definition) is 7. The standard InChI is InChI=1S/AsH3O7/c2-1(6-3,7-4)8-5/h3-5H. The summed E-state index contributed by atoms with van der Waals surface area (Å²) in [5.74, 6) is 0. The van der Waals surface area contributed by atoms with Crippen LogP contribution in [0.4, 0.5) is 0 Å². The SMILES string of the molecule is O=[As](OO)(OO)OO. The predicted molar refractivity (Wildman–Crippen MR) is 17.6 cm³/mol. The van der Waals surface area contributed by atoms with Crippen LogP contribution in [-0.2, 0) is 15.4 Å². The second-order valence-electron chi connectivity index (χ2n) is 0.692. The van der Waals surface area contributed by atoms with Crippen molar-refractivity contribution in [2.45, 2.75) is 0 Å². The molecule has 0 aliphatic rings. The van der Waals surface area contributed by atoms with Crippen LogP contribution >= 0.6 is 0 Å². The van der Waals surface area contributed by atoms with Gasteiger partial charge in [0.15, 0.2) is 0 Å². The molecule has 0 rings (SSSR count). The van der Waals surface area contributed by atoms with Crippen LogP contribution in [0.15, 0.2) is 0 Å². The van der Waals surface area contributed by atoms with Crippen molar-refractivity contribution in [2.75, 3.05) is 0 Å². The first-order valence-electron chi connectivity index (χ1n) is 1.28. The van der Waals surface area contributed by atoms with Gasteiger partial charge in [0.2, 0.25) is 0 Å². The molecular formula is H3AsO7. The van der Waals surface area contributed by atoms with Crippen molar-refractivity contribution in [1.82, 2.24) is 0 Å². The van der Waals surface area contributed by atoms with E-state index in [0.717, 1.165) is 0 Å². The Morgan fingerprint density at radius 1 is 1.00 bits per heavy atom. The Bertz CT molecular complexity index is 75.5. The summed E-state index contributed by atoms with van der Waals surface area (Å²) in [5.41, 5.74) is 0. The Morgan fingerprint density at radius 2 is 1.25 bits per heavy atom. The second-order valence-corrected chi connectivity index (χ2v) is 3.60. The van der Waals surface area contributed by atoms with E-state index in [4.69, 9.17) is 15.8 Å². The predicted octanol–water partition coefficient (Wildman–Crippen LogP) is -0.679. The average Bonchev–Trinajstić information content (AvgIpc) is 1.87. The van der Waals surface area contributed by atoms with Crippen LogP contribution in [0.25, 0.3) is 0 Å². The minimum absolute atomic E-state index is 2.91. The van der Waals surface area contributed by atoms with Gasteiger partial charge in [-0.1, -0.05) is 0 Å².